The van der Waals surface area contributed by atoms with E-state index in [0.717, 1.165) is 5.56 Å². The fraction of sp³-hybridized carbons (Fsp3) is 0.333. The van der Waals surface area contributed by atoms with E-state index < -0.39 is 10.0 Å². The van der Waals surface area contributed by atoms with Crippen molar-refractivity contribution in [3.63, 3.8) is 0 Å². The minimum atomic E-state index is -3.68. The number of nitrogens with zero attached hydrogens (tertiary/aromatic N) is 3. The summed E-state index contributed by atoms with van der Waals surface area (Å²) in [5.74, 6) is 0.188. The molecule has 1 fully saturated rings. The Kier molecular flexibility index (Phi) is 5.24. The molecule has 1 aromatic carbocycles. The number of hydrogen-bond donors (Lipinski definition) is 0. The molecule has 1 amide bonds. The van der Waals surface area contributed by atoms with Crippen LogP contribution in [0.25, 0.3) is 0 Å². The molecule has 1 saturated heterocycles. The van der Waals surface area contributed by atoms with Gasteiger partial charge in [0.15, 0.2) is 0 Å². The Hall–Kier alpha value is -2.45. The molecule has 2 heterocycles. The van der Waals surface area contributed by atoms with Gasteiger partial charge in [0.25, 0.3) is 5.91 Å². The number of hydrogen-bond acceptors (Lipinski definition) is 5. The largest absolute Gasteiger partial charge is 0.495 e. The number of amides is 1. The van der Waals surface area contributed by atoms with E-state index in [9.17, 15) is 13.2 Å². The average Bonchev–Trinajstić information content (AvgIpc) is 2.68. The fourth-order valence-electron chi connectivity index (χ4n) is 2.93. The van der Waals surface area contributed by atoms with Gasteiger partial charge in [-0.1, -0.05) is 6.07 Å². The van der Waals surface area contributed by atoms with Crippen LogP contribution in [-0.4, -0.2) is 61.8 Å². The van der Waals surface area contributed by atoms with Crippen LogP contribution in [0.15, 0.2) is 47.6 Å². The number of sulfonamides is 1. The first-order valence-electron chi connectivity index (χ1n) is 8.27. The molecule has 138 valence electrons. The Morgan fingerprint density at radius 1 is 1.15 bits per heavy atom. The zero-order chi connectivity index (χ0) is 18.7. The molecule has 8 heteroatoms. The minimum absolute atomic E-state index is 0.136. The first-order valence-corrected chi connectivity index (χ1v) is 9.71. The van der Waals surface area contributed by atoms with E-state index in [1.807, 2.05) is 13.0 Å². The number of ether oxygens (including phenoxy) is 1. The lowest BCUT2D eigenvalue weighted by atomic mass is 10.2. The van der Waals surface area contributed by atoms with Crippen LogP contribution in [0.1, 0.15) is 15.9 Å². The molecule has 3 rings (SSSR count). The maximum absolute atomic E-state index is 13.0. The van der Waals surface area contributed by atoms with Crippen molar-refractivity contribution in [3.8, 4) is 5.75 Å². The van der Waals surface area contributed by atoms with Crippen LogP contribution in [0.3, 0.4) is 0 Å². The summed E-state index contributed by atoms with van der Waals surface area (Å²) in [6, 6.07) is 8.49. The summed E-state index contributed by atoms with van der Waals surface area (Å²) in [7, 11) is -2.23. The van der Waals surface area contributed by atoms with Gasteiger partial charge in [-0.05, 0) is 36.8 Å². The highest BCUT2D eigenvalue weighted by atomic mass is 32.2. The number of piperazine rings is 1. The number of benzene rings is 1. The van der Waals surface area contributed by atoms with Crippen LogP contribution in [0.2, 0.25) is 0 Å². The average molecular weight is 375 g/mol. The molecule has 1 aliphatic rings. The van der Waals surface area contributed by atoms with Gasteiger partial charge < -0.3 is 9.64 Å². The molecule has 0 N–H and O–H groups in total. The van der Waals surface area contributed by atoms with Gasteiger partial charge in [0.2, 0.25) is 10.0 Å². The lowest BCUT2D eigenvalue weighted by molar-refractivity contribution is 0.0697. The Balaban J connectivity index is 1.75. The number of methoxy groups -OCH3 is 1. The minimum Gasteiger partial charge on any atom is -0.495 e. The maximum Gasteiger partial charge on any atom is 0.255 e. The first kappa shape index (κ1) is 18.3. The highest BCUT2D eigenvalue weighted by Gasteiger charge is 2.32. The maximum atomic E-state index is 13.0. The van der Waals surface area contributed by atoms with Gasteiger partial charge in [-0.2, -0.15) is 4.31 Å². The summed E-state index contributed by atoms with van der Waals surface area (Å²) in [5, 5.41) is 0. The molecular formula is C18H21N3O4S. The summed E-state index contributed by atoms with van der Waals surface area (Å²) < 4.78 is 32.6. The molecule has 0 bridgehead atoms. The zero-order valence-corrected chi connectivity index (χ0v) is 15.6. The second-order valence-electron chi connectivity index (χ2n) is 6.09. The highest BCUT2D eigenvalue weighted by Crippen LogP contribution is 2.28. The van der Waals surface area contributed by atoms with E-state index in [0.29, 0.717) is 24.4 Å². The van der Waals surface area contributed by atoms with Crippen LogP contribution in [0.4, 0.5) is 0 Å². The number of aromatic nitrogens is 1. The van der Waals surface area contributed by atoms with Crippen molar-refractivity contribution in [2.24, 2.45) is 0 Å². The molecule has 0 saturated carbocycles. The van der Waals surface area contributed by atoms with Gasteiger partial charge in [-0.15, -0.1) is 0 Å². The lowest BCUT2D eigenvalue weighted by Crippen LogP contribution is -2.50. The van der Waals surface area contributed by atoms with E-state index in [2.05, 4.69) is 4.98 Å². The van der Waals surface area contributed by atoms with Crippen LogP contribution >= 0.6 is 0 Å². The predicted octanol–water partition coefficient (Wildman–Crippen LogP) is 1.55. The SMILES string of the molecule is COc1ccc(C)cc1S(=O)(=O)N1CCN(C(=O)c2cccnc2)CC1. The van der Waals surface area contributed by atoms with E-state index in [1.54, 1.807) is 35.4 Å². The third-order valence-electron chi connectivity index (χ3n) is 4.37. The van der Waals surface area contributed by atoms with E-state index in [4.69, 9.17) is 4.74 Å². The summed E-state index contributed by atoms with van der Waals surface area (Å²) in [4.78, 5) is 18.2. The summed E-state index contributed by atoms with van der Waals surface area (Å²) in [6.07, 6.45) is 3.12. The molecule has 0 atom stereocenters. The van der Waals surface area contributed by atoms with Crippen molar-refractivity contribution >= 4 is 15.9 Å². The summed E-state index contributed by atoms with van der Waals surface area (Å²) in [5.41, 5.74) is 1.35. The molecule has 0 unspecified atom stereocenters. The van der Waals surface area contributed by atoms with Crippen molar-refractivity contribution in [2.75, 3.05) is 33.3 Å². The van der Waals surface area contributed by atoms with Gasteiger partial charge in [0.05, 0.1) is 12.7 Å². The summed E-state index contributed by atoms with van der Waals surface area (Å²) >= 11 is 0. The van der Waals surface area contributed by atoms with Crippen molar-refractivity contribution in [2.45, 2.75) is 11.8 Å². The van der Waals surface area contributed by atoms with Crippen molar-refractivity contribution in [1.82, 2.24) is 14.2 Å². The Morgan fingerprint density at radius 3 is 2.50 bits per heavy atom. The number of carbonyl (C=O) groups excluding carboxylic acids is 1. The second kappa shape index (κ2) is 7.43. The number of rotatable bonds is 4. The van der Waals surface area contributed by atoms with Gasteiger partial charge in [-0.25, -0.2) is 8.42 Å². The molecular weight excluding hydrogens is 354 g/mol. The van der Waals surface area contributed by atoms with Crippen LogP contribution < -0.4 is 4.74 Å². The molecule has 1 aromatic heterocycles. The molecule has 26 heavy (non-hydrogen) atoms. The molecule has 2 aromatic rings. The second-order valence-corrected chi connectivity index (χ2v) is 8.00. The van der Waals surface area contributed by atoms with E-state index in [1.165, 1.54) is 17.6 Å². The normalized spacial score (nSPS) is 15.7. The van der Waals surface area contributed by atoms with Gasteiger partial charge in [-0.3, -0.25) is 9.78 Å². The van der Waals surface area contributed by atoms with Crippen molar-refractivity contribution in [3.05, 3.63) is 53.9 Å². The first-order chi connectivity index (χ1) is 12.4. The Labute approximate surface area is 153 Å². The summed E-state index contributed by atoms with van der Waals surface area (Å²) in [6.45, 7) is 2.99. The predicted molar refractivity (Wildman–Crippen MR) is 96.6 cm³/mol. The van der Waals surface area contributed by atoms with Gasteiger partial charge >= 0.3 is 0 Å². The van der Waals surface area contributed by atoms with Crippen molar-refractivity contribution < 1.29 is 17.9 Å². The molecule has 0 aliphatic carbocycles. The highest BCUT2D eigenvalue weighted by molar-refractivity contribution is 7.89. The topological polar surface area (TPSA) is 79.8 Å². The molecule has 0 spiro atoms. The molecule has 7 nitrogen and oxygen atoms in total. The van der Waals surface area contributed by atoms with E-state index in [-0.39, 0.29) is 23.9 Å². The number of carbonyl (C=O) groups is 1. The number of pyridine rings is 1. The zero-order valence-electron chi connectivity index (χ0n) is 14.8. The van der Waals surface area contributed by atoms with Crippen LogP contribution in [-0.2, 0) is 10.0 Å². The van der Waals surface area contributed by atoms with Crippen LogP contribution in [0.5, 0.6) is 5.75 Å². The Morgan fingerprint density at radius 2 is 1.88 bits per heavy atom. The quantitative estimate of drug-likeness (QED) is 0.810. The van der Waals surface area contributed by atoms with Crippen LogP contribution in [0, 0.1) is 6.92 Å². The smallest absolute Gasteiger partial charge is 0.255 e. The fourth-order valence-corrected chi connectivity index (χ4v) is 4.59. The molecule has 1 aliphatic heterocycles. The van der Waals surface area contributed by atoms with Crippen molar-refractivity contribution in [1.29, 1.82) is 0 Å². The standard InChI is InChI=1S/C18H21N3O4S/c1-14-5-6-16(25-2)17(12-14)26(23,24)21-10-8-20(9-11-21)18(22)15-4-3-7-19-13-15/h3-7,12-13H,8-11H2,1-2H3. The third-order valence-corrected chi connectivity index (χ3v) is 6.29. The lowest BCUT2D eigenvalue weighted by Gasteiger charge is -2.34. The van der Waals surface area contributed by atoms with Gasteiger partial charge in [0.1, 0.15) is 10.6 Å². The monoisotopic (exact) mass is 375 g/mol. The molecule has 0 radical (unpaired) electrons. The third kappa shape index (κ3) is 3.56. The van der Waals surface area contributed by atoms with Gasteiger partial charge in [0, 0.05) is 38.6 Å². The number of aryl methyl sites for hydroxylation is 1. The van der Waals surface area contributed by atoms with E-state index >= 15 is 0 Å². The Bertz CT molecular complexity index is 892.